The molecule has 1 heterocycles. The Morgan fingerprint density at radius 3 is 2.12 bits per heavy atom. The molecule has 8 nitrogen and oxygen atoms in total. The van der Waals surface area contributed by atoms with Crippen molar-refractivity contribution in [3.63, 3.8) is 0 Å². The summed E-state index contributed by atoms with van der Waals surface area (Å²) in [5.74, 6) is -1.52. The first-order valence-corrected chi connectivity index (χ1v) is 11.6. The van der Waals surface area contributed by atoms with E-state index < -0.39 is 17.7 Å². The summed E-state index contributed by atoms with van der Waals surface area (Å²) in [6.07, 6.45) is 2.29. The molecule has 2 aromatic carbocycles. The first kappa shape index (κ1) is 22.4. The van der Waals surface area contributed by atoms with Crippen molar-refractivity contribution in [1.82, 2.24) is 10.2 Å². The van der Waals surface area contributed by atoms with Crippen molar-refractivity contribution >= 4 is 18.0 Å². The van der Waals surface area contributed by atoms with Crippen molar-refractivity contribution in [2.75, 3.05) is 26.2 Å². The van der Waals surface area contributed by atoms with Crippen LogP contribution < -0.4 is 5.32 Å². The minimum atomic E-state index is -1.85. The molecule has 2 aliphatic carbocycles. The zero-order valence-corrected chi connectivity index (χ0v) is 18.8. The summed E-state index contributed by atoms with van der Waals surface area (Å²) in [6.45, 7) is 0.161. The number of hydrogen-bond acceptors (Lipinski definition) is 5. The number of benzene rings is 2. The number of carboxylic acid groups (broad SMARTS) is 1. The zero-order chi connectivity index (χ0) is 23.9. The Bertz CT molecular complexity index is 1090. The van der Waals surface area contributed by atoms with Gasteiger partial charge in [-0.1, -0.05) is 55.0 Å². The zero-order valence-electron chi connectivity index (χ0n) is 18.8. The van der Waals surface area contributed by atoms with Crippen LogP contribution in [0.5, 0.6) is 0 Å². The molecule has 1 aliphatic heterocycles. The Morgan fingerprint density at radius 2 is 1.59 bits per heavy atom. The molecule has 0 spiro atoms. The first-order chi connectivity index (χ1) is 16.3. The largest absolute Gasteiger partial charge is 0.479 e. The van der Waals surface area contributed by atoms with E-state index in [1.165, 1.54) is 16.0 Å². The molecule has 2 aromatic rings. The topological polar surface area (TPSA) is 116 Å². The number of rotatable bonds is 7. The molecule has 2 fully saturated rings. The van der Waals surface area contributed by atoms with Gasteiger partial charge < -0.3 is 25.2 Å². The van der Waals surface area contributed by atoms with E-state index in [1.807, 2.05) is 24.3 Å². The number of nitrogens with one attached hydrogen (secondary N) is 1. The van der Waals surface area contributed by atoms with Gasteiger partial charge in [-0.15, -0.1) is 0 Å². The number of carbonyl (C=O) groups excluding carboxylic acids is 2. The number of alkyl carbamates (subject to hydrolysis) is 1. The highest BCUT2D eigenvalue weighted by Gasteiger charge is 2.51. The van der Waals surface area contributed by atoms with Crippen molar-refractivity contribution in [1.29, 1.82) is 0 Å². The van der Waals surface area contributed by atoms with Gasteiger partial charge in [0, 0.05) is 18.9 Å². The molecule has 178 valence electrons. The lowest BCUT2D eigenvalue weighted by Crippen LogP contribution is -2.68. The van der Waals surface area contributed by atoms with Gasteiger partial charge in [0.1, 0.15) is 6.61 Å². The first-order valence-electron chi connectivity index (χ1n) is 11.6. The Hall–Kier alpha value is -3.39. The van der Waals surface area contributed by atoms with E-state index >= 15 is 0 Å². The van der Waals surface area contributed by atoms with E-state index in [-0.39, 0.29) is 43.4 Å². The number of carbonyl (C=O) groups is 3. The van der Waals surface area contributed by atoms with Gasteiger partial charge in [0.25, 0.3) is 0 Å². The highest BCUT2D eigenvalue weighted by atomic mass is 16.5. The summed E-state index contributed by atoms with van der Waals surface area (Å²) in [7, 11) is 0. The summed E-state index contributed by atoms with van der Waals surface area (Å²) < 4.78 is 5.60. The fourth-order valence-electron chi connectivity index (χ4n) is 5.33. The lowest BCUT2D eigenvalue weighted by molar-refractivity contribution is -0.183. The van der Waals surface area contributed by atoms with E-state index in [9.17, 15) is 19.5 Å². The number of ether oxygens (including phenoxy) is 1. The Balaban J connectivity index is 1.14. The second-order valence-electron chi connectivity index (χ2n) is 9.80. The van der Waals surface area contributed by atoms with Crippen LogP contribution >= 0.6 is 0 Å². The van der Waals surface area contributed by atoms with Crippen molar-refractivity contribution in [3.05, 3.63) is 59.7 Å². The summed E-state index contributed by atoms with van der Waals surface area (Å²) >= 11 is 0. The predicted molar refractivity (Wildman–Crippen MR) is 123 cm³/mol. The van der Waals surface area contributed by atoms with Crippen LogP contribution in [0.3, 0.4) is 0 Å². The number of hydrogen-bond donors (Lipinski definition) is 3. The molecular formula is C26H28N2O6. The third-order valence-electron chi connectivity index (χ3n) is 7.55. The molecule has 5 rings (SSSR count). The Kier molecular flexibility index (Phi) is 5.56. The number of amides is 2. The molecule has 3 aliphatic rings. The molecule has 2 amide bonds. The Labute approximate surface area is 197 Å². The number of nitrogens with zero attached hydrogens (tertiary/aromatic N) is 1. The quantitative estimate of drug-likeness (QED) is 0.580. The molecule has 0 atom stereocenters. The highest BCUT2D eigenvalue weighted by Crippen LogP contribution is 2.45. The molecule has 1 saturated carbocycles. The van der Waals surface area contributed by atoms with Crippen LogP contribution in [0.15, 0.2) is 48.5 Å². The van der Waals surface area contributed by atoms with E-state index in [1.54, 1.807) is 0 Å². The molecule has 1 saturated heterocycles. The third kappa shape index (κ3) is 3.92. The number of aliphatic hydroxyl groups is 1. The smallest absolute Gasteiger partial charge is 0.407 e. The summed E-state index contributed by atoms with van der Waals surface area (Å²) in [4.78, 5) is 37.5. The molecule has 0 bridgehead atoms. The SMILES string of the molecule is O=C(NCC1(CC(=O)N2CC(O)(C(=O)O)C2)CCC1)OCC1c2ccccc2-c2ccccc21. The van der Waals surface area contributed by atoms with Crippen LogP contribution in [-0.2, 0) is 14.3 Å². The van der Waals surface area contributed by atoms with Crippen LogP contribution in [-0.4, -0.2) is 64.9 Å². The molecule has 0 radical (unpaired) electrons. The van der Waals surface area contributed by atoms with Crippen molar-refractivity contribution in [3.8, 4) is 11.1 Å². The number of β-amino-alcohol motifs (C(OH)–C–C–N with tert-alkyl or cyclic N) is 1. The highest BCUT2D eigenvalue weighted by molar-refractivity contribution is 5.85. The van der Waals surface area contributed by atoms with Gasteiger partial charge in [-0.3, -0.25) is 4.79 Å². The standard InChI is InChI=1S/C26H28N2O6/c29-22(28-15-26(33,16-28)23(30)31)12-25(10-5-11-25)14-27-24(32)34-13-21-19-8-3-1-6-17(19)18-7-2-4-9-20(18)21/h1-4,6-9,21,33H,5,10-16H2,(H,27,32)(H,30,31). The van der Waals surface area contributed by atoms with E-state index in [0.29, 0.717) is 6.54 Å². The van der Waals surface area contributed by atoms with Crippen LogP contribution in [0.4, 0.5) is 4.79 Å². The summed E-state index contributed by atoms with van der Waals surface area (Å²) in [5, 5.41) is 21.7. The van der Waals surface area contributed by atoms with Gasteiger partial charge >= 0.3 is 12.1 Å². The molecule has 0 aromatic heterocycles. The maximum Gasteiger partial charge on any atom is 0.407 e. The minimum Gasteiger partial charge on any atom is -0.479 e. The maximum absolute atomic E-state index is 12.6. The molecule has 3 N–H and O–H groups in total. The second kappa shape index (κ2) is 8.43. The average molecular weight is 465 g/mol. The van der Waals surface area contributed by atoms with Gasteiger partial charge in [0.15, 0.2) is 5.60 Å². The van der Waals surface area contributed by atoms with Crippen molar-refractivity contribution < 1.29 is 29.3 Å². The van der Waals surface area contributed by atoms with E-state index in [2.05, 4.69) is 29.6 Å². The van der Waals surface area contributed by atoms with Crippen molar-refractivity contribution in [2.45, 2.75) is 37.2 Å². The van der Waals surface area contributed by atoms with Crippen LogP contribution in [0, 0.1) is 5.41 Å². The van der Waals surface area contributed by atoms with Crippen LogP contribution in [0.1, 0.15) is 42.7 Å². The number of carboxylic acids is 1. The monoisotopic (exact) mass is 464 g/mol. The number of aliphatic carboxylic acids is 1. The summed E-state index contributed by atoms with van der Waals surface area (Å²) in [5.41, 5.74) is 2.43. The summed E-state index contributed by atoms with van der Waals surface area (Å²) in [6, 6.07) is 16.3. The Morgan fingerprint density at radius 1 is 1.00 bits per heavy atom. The lowest BCUT2D eigenvalue weighted by Gasteiger charge is -2.47. The fourth-order valence-corrected chi connectivity index (χ4v) is 5.33. The normalized spacial score (nSPS) is 19.3. The van der Waals surface area contributed by atoms with Gasteiger partial charge in [0.2, 0.25) is 5.91 Å². The van der Waals surface area contributed by atoms with Gasteiger partial charge in [-0.2, -0.15) is 0 Å². The van der Waals surface area contributed by atoms with Crippen molar-refractivity contribution in [2.24, 2.45) is 5.41 Å². The van der Waals surface area contributed by atoms with E-state index in [0.717, 1.165) is 30.4 Å². The number of fused-ring (bicyclic) bond motifs is 3. The molecular weight excluding hydrogens is 436 g/mol. The van der Waals surface area contributed by atoms with E-state index in [4.69, 9.17) is 9.84 Å². The molecule has 0 unspecified atom stereocenters. The van der Waals surface area contributed by atoms with Crippen LogP contribution in [0.2, 0.25) is 0 Å². The predicted octanol–water partition coefficient (Wildman–Crippen LogP) is 2.74. The minimum absolute atomic E-state index is 0.0169. The maximum atomic E-state index is 12.6. The van der Waals surface area contributed by atoms with Gasteiger partial charge in [0.05, 0.1) is 13.1 Å². The lowest BCUT2D eigenvalue weighted by atomic mass is 9.66. The van der Waals surface area contributed by atoms with Crippen LogP contribution in [0.25, 0.3) is 11.1 Å². The molecule has 8 heteroatoms. The molecule has 34 heavy (non-hydrogen) atoms. The number of likely N-dealkylation sites (tertiary alicyclic amines) is 1. The average Bonchev–Trinajstić information content (AvgIpc) is 3.10. The fraction of sp³-hybridized carbons (Fsp3) is 0.423. The van der Waals surface area contributed by atoms with Gasteiger partial charge in [-0.05, 0) is 40.5 Å². The van der Waals surface area contributed by atoms with Gasteiger partial charge in [-0.25, -0.2) is 9.59 Å². The second-order valence-corrected chi connectivity index (χ2v) is 9.80. The third-order valence-corrected chi connectivity index (χ3v) is 7.55.